The van der Waals surface area contributed by atoms with Crippen LogP contribution in [-0.2, 0) is 18.3 Å². The molecule has 0 bridgehead atoms. The first-order chi connectivity index (χ1) is 12.5. The summed E-state index contributed by atoms with van der Waals surface area (Å²) in [6, 6.07) is 5.99. The molecule has 1 aromatic carbocycles. The Kier molecular flexibility index (Phi) is 7.26. The first-order valence-electron chi connectivity index (χ1n) is 8.62. The summed E-state index contributed by atoms with van der Waals surface area (Å²) >= 11 is 0. The Labute approximate surface area is 155 Å². The van der Waals surface area contributed by atoms with Gasteiger partial charge in [0.1, 0.15) is 25.2 Å². The largest absolute Gasteiger partial charge is 0.490 e. The number of oxime groups is 1. The second-order valence-corrected chi connectivity index (χ2v) is 5.96. The highest BCUT2D eigenvalue weighted by Gasteiger charge is 2.09. The van der Waals surface area contributed by atoms with E-state index < -0.39 is 0 Å². The summed E-state index contributed by atoms with van der Waals surface area (Å²) in [7, 11) is 3.34. The SMILES string of the molecule is C/C=C/COc1cc(C)c(CCOc2cc(/C=N/OC)nn2C)c(C)c1. The molecule has 1 aromatic heterocycles. The molecular weight excluding hydrogens is 330 g/mol. The van der Waals surface area contributed by atoms with Crippen LogP contribution in [-0.4, -0.2) is 36.3 Å². The Morgan fingerprint density at radius 3 is 2.54 bits per heavy atom. The smallest absolute Gasteiger partial charge is 0.212 e. The molecule has 2 rings (SSSR count). The average molecular weight is 357 g/mol. The van der Waals surface area contributed by atoms with Gasteiger partial charge in [0.05, 0.1) is 12.8 Å². The molecule has 0 aliphatic rings. The maximum Gasteiger partial charge on any atom is 0.212 e. The molecule has 0 radical (unpaired) electrons. The van der Waals surface area contributed by atoms with Crippen molar-refractivity contribution in [1.29, 1.82) is 0 Å². The minimum atomic E-state index is 0.570. The lowest BCUT2D eigenvalue weighted by Gasteiger charge is -2.13. The van der Waals surface area contributed by atoms with Crippen molar-refractivity contribution in [3.8, 4) is 11.6 Å². The van der Waals surface area contributed by atoms with E-state index in [9.17, 15) is 0 Å². The van der Waals surface area contributed by atoms with Crippen LogP contribution in [0.4, 0.5) is 0 Å². The maximum absolute atomic E-state index is 5.88. The quantitative estimate of drug-likeness (QED) is 0.391. The van der Waals surface area contributed by atoms with Gasteiger partial charge in [0.2, 0.25) is 5.88 Å². The number of ether oxygens (including phenoxy) is 2. The average Bonchev–Trinajstić information content (AvgIpc) is 2.95. The van der Waals surface area contributed by atoms with Gasteiger partial charge < -0.3 is 14.3 Å². The molecule has 0 atom stereocenters. The van der Waals surface area contributed by atoms with Crippen molar-refractivity contribution in [3.63, 3.8) is 0 Å². The fourth-order valence-electron chi connectivity index (χ4n) is 2.71. The van der Waals surface area contributed by atoms with Gasteiger partial charge in [-0.05, 0) is 49.6 Å². The van der Waals surface area contributed by atoms with Gasteiger partial charge in [-0.3, -0.25) is 0 Å². The topological polar surface area (TPSA) is 57.9 Å². The highest BCUT2D eigenvalue weighted by Crippen LogP contribution is 2.23. The zero-order valence-electron chi connectivity index (χ0n) is 16.2. The van der Waals surface area contributed by atoms with E-state index in [2.05, 4.69) is 41.1 Å². The lowest BCUT2D eigenvalue weighted by atomic mass is 10.00. The molecule has 0 saturated heterocycles. The zero-order chi connectivity index (χ0) is 18.9. The van der Waals surface area contributed by atoms with Gasteiger partial charge in [-0.25, -0.2) is 4.68 Å². The Bertz CT molecular complexity index is 756. The molecule has 6 nitrogen and oxygen atoms in total. The molecule has 2 aromatic rings. The Morgan fingerprint density at radius 2 is 1.88 bits per heavy atom. The fraction of sp³-hybridized carbons (Fsp3) is 0.400. The highest BCUT2D eigenvalue weighted by molar-refractivity contribution is 5.76. The van der Waals surface area contributed by atoms with E-state index in [1.807, 2.05) is 32.2 Å². The number of allylic oxidation sites excluding steroid dienone is 1. The van der Waals surface area contributed by atoms with Crippen LogP contribution in [0.2, 0.25) is 0 Å². The number of aromatic nitrogens is 2. The molecule has 0 N–H and O–H groups in total. The third-order valence-corrected chi connectivity index (χ3v) is 4.00. The number of hydrogen-bond donors (Lipinski definition) is 0. The molecule has 0 amide bonds. The lowest BCUT2D eigenvalue weighted by molar-refractivity contribution is 0.215. The van der Waals surface area contributed by atoms with Crippen LogP contribution in [0.1, 0.15) is 29.3 Å². The van der Waals surface area contributed by atoms with Crippen molar-refractivity contribution in [2.45, 2.75) is 27.2 Å². The van der Waals surface area contributed by atoms with Crippen LogP contribution in [0.15, 0.2) is 35.5 Å². The van der Waals surface area contributed by atoms with Crippen molar-refractivity contribution < 1.29 is 14.3 Å². The number of nitrogens with zero attached hydrogens (tertiary/aromatic N) is 3. The third-order valence-electron chi connectivity index (χ3n) is 4.00. The van der Waals surface area contributed by atoms with Crippen molar-refractivity contribution in [2.75, 3.05) is 20.3 Å². The van der Waals surface area contributed by atoms with Gasteiger partial charge >= 0.3 is 0 Å². The summed E-state index contributed by atoms with van der Waals surface area (Å²) in [5.41, 5.74) is 4.40. The van der Waals surface area contributed by atoms with E-state index >= 15 is 0 Å². The summed E-state index contributed by atoms with van der Waals surface area (Å²) in [5.74, 6) is 1.60. The maximum atomic E-state index is 5.88. The Morgan fingerprint density at radius 1 is 1.15 bits per heavy atom. The normalized spacial score (nSPS) is 11.4. The van der Waals surface area contributed by atoms with E-state index in [0.29, 0.717) is 24.8 Å². The number of aryl methyl sites for hydroxylation is 3. The molecule has 140 valence electrons. The van der Waals surface area contributed by atoms with Crippen LogP contribution in [0.25, 0.3) is 0 Å². The summed E-state index contributed by atoms with van der Waals surface area (Å²) in [6.45, 7) is 7.36. The van der Waals surface area contributed by atoms with Crippen molar-refractivity contribution in [1.82, 2.24) is 9.78 Å². The molecule has 0 aliphatic carbocycles. The highest BCUT2D eigenvalue weighted by atomic mass is 16.6. The van der Waals surface area contributed by atoms with E-state index in [1.165, 1.54) is 23.8 Å². The molecule has 0 spiro atoms. The zero-order valence-corrected chi connectivity index (χ0v) is 16.2. The van der Waals surface area contributed by atoms with Gasteiger partial charge in [-0.2, -0.15) is 5.10 Å². The molecule has 0 unspecified atom stereocenters. The molecule has 26 heavy (non-hydrogen) atoms. The summed E-state index contributed by atoms with van der Waals surface area (Å²) in [5, 5.41) is 8.01. The number of hydrogen-bond acceptors (Lipinski definition) is 5. The molecular formula is C20H27N3O3. The predicted molar refractivity (Wildman–Crippen MR) is 103 cm³/mol. The van der Waals surface area contributed by atoms with Crippen LogP contribution in [0.3, 0.4) is 0 Å². The minimum absolute atomic E-state index is 0.570. The first-order valence-corrected chi connectivity index (χ1v) is 8.62. The summed E-state index contributed by atoms with van der Waals surface area (Å²) in [6.07, 6.45) is 6.34. The summed E-state index contributed by atoms with van der Waals surface area (Å²) < 4.78 is 13.3. The Hall–Kier alpha value is -2.76. The van der Waals surface area contributed by atoms with Crippen molar-refractivity contribution >= 4 is 6.21 Å². The molecule has 6 heteroatoms. The van der Waals surface area contributed by atoms with Gasteiger partial charge in [-0.1, -0.05) is 17.3 Å². The van der Waals surface area contributed by atoms with E-state index in [1.54, 1.807) is 10.9 Å². The second-order valence-electron chi connectivity index (χ2n) is 5.96. The van der Waals surface area contributed by atoms with Crippen LogP contribution < -0.4 is 9.47 Å². The van der Waals surface area contributed by atoms with Crippen LogP contribution in [0, 0.1) is 13.8 Å². The van der Waals surface area contributed by atoms with Gasteiger partial charge in [0, 0.05) is 19.5 Å². The Balaban J connectivity index is 1.97. The molecule has 0 saturated carbocycles. The van der Waals surface area contributed by atoms with Crippen molar-refractivity contribution in [2.24, 2.45) is 12.2 Å². The molecule has 0 aliphatic heterocycles. The first kappa shape index (κ1) is 19.6. The van der Waals surface area contributed by atoms with Gasteiger partial charge in [0.15, 0.2) is 0 Å². The monoisotopic (exact) mass is 357 g/mol. The number of rotatable bonds is 9. The van der Waals surface area contributed by atoms with Crippen LogP contribution in [0.5, 0.6) is 11.6 Å². The van der Waals surface area contributed by atoms with E-state index in [0.717, 1.165) is 12.2 Å². The van der Waals surface area contributed by atoms with Crippen LogP contribution >= 0.6 is 0 Å². The lowest BCUT2D eigenvalue weighted by Crippen LogP contribution is -2.07. The predicted octanol–water partition coefficient (Wildman–Crippen LogP) is 3.59. The fourth-order valence-corrected chi connectivity index (χ4v) is 2.71. The van der Waals surface area contributed by atoms with E-state index in [4.69, 9.17) is 9.47 Å². The summed E-state index contributed by atoms with van der Waals surface area (Å²) in [4.78, 5) is 4.67. The number of benzene rings is 1. The van der Waals surface area contributed by atoms with Gasteiger partial charge in [-0.15, -0.1) is 0 Å². The third kappa shape index (κ3) is 5.37. The minimum Gasteiger partial charge on any atom is -0.490 e. The second kappa shape index (κ2) is 9.65. The molecule has 1 heterocycles. The molecule has 0 fully saturated rings. The van der Waals surface area contributed by atoms with Gasteiger partial charge in [0.25, 0.3) is 0 Å². The standard InChI is InChI=1S/C20H27N3O3/c1-6-7-9-25-18-11-15(2)19(16(3)12-18)8-10-26-20-13-17(14-21-24-5)22-23(20)4/h6-7,11-14H,8-10H2,1-5H3/b7-6+,21-14+. The van der Waals surface area contributed by atoms with Crippen molar-refractivity contribution in [3.05, 3.63) is 52.7 Å². The van der Waals surface area contributed by atoms with E-state index in [-0.39, 0.29) is 0 Å².